The Bertz CT molecular complexity index is 3220. The Morgan fingerprint density at radius 3 is 0.736 bits per heavy atom. The number of hydrogen-bond acceptors (Lipinski definition) is 0. The Morgan fingerprint density at radius 2 is 0.402 bits per heavy atom. The van der Waals surface area contributed by atoms with E-state index in [-0.39, 0.29) is 7.43 Å². The Hall–Kier alpha value is -7.54. The van der Waals surface area contributed by atoms with Crippen LogP contribution in [0.25, 0.3) is 43.1 Å². The molecule has 11 rings (SSSR count). The van der Waals surface area contributed by atoms with Gasteiger partial charge in [0.05, 0.1) is 0 Å². The summed E-state index contributed by atoms with van der Waals surface area (Å²) in [7, 11) is 0. The van der Waals surface area contributed by atoms with Gasteiger partial charge in [0, 0.05) is 0 Å². The van der Waals surface area contributed by atoms with Crippen LogP contribution in [-0.4, -0.2) is 0 Å². The van der Waals surface area contributed by atoms with Gasteiger partial charge >= 0.3 is 0 Å². The fraction of sp³-hybridized carbons (Fsp3) is 0.333. The van der Waals surface area contributed by atoms with Gasteiger partial charge in [-0.05, 0) is 179 Å². The Balaban J connectivity index is -0.000000448. The maximum atomic E-state index is 2.22. The second-order valence-corrected chi connectivity index (χ2v) is 19.5. The standard InChI is InChI=1S/4C12H12.3C8H10.7C2H6.CH4/c1-9-3-5-12-8-10(2)4-6-11(12)7-9;1-9-5-3-8-12-10(2)6-4-7-11(9)12;1-9-7-10(2)12-6-4-3-5-11(12)8-9;1-9-7-8-10(2)12-6-4-3-5-11(9)12;1-7-3-5-8(2)6-4-7;1-7-4-3-5-8(2)6-7;1-7-5-3-4-6-8(7)2;7*1-2;/h4*3-8H,1-2H3;3*3-6H,1-2H3;7*1-2H3;1H4. The fourth-order valence-electron chi connectivity index (χ4n) is 8.50. The number of aryl methyl sites for hydroxylation is 14. The predicted octanol–water partition coefficient (Wildman–Crippen LogP) is 28.6. The molecule has 87 heavy (non-hydrogen) atoms. The topological polar surface area (TPSA) is 0 Å². The van der Waals surface area contributed by atoms with Gasteiger partial charge in [-0.3, -0.25) is 0 Å². The molecule has 0 saturated carbocycles. The van der Waals surface area contributed by atoms with Crippen molar-refractivity contribution in [1.82, 2.24) is 0 Å². The van der Waals surface area contributed by atoms with Crippen LogP contribution in [0.4, 0.5) is 0 Å². The van der Waals surface area contributed by atoms with Crippen molar-refractivity contribution in [2.75, 3.05) is 0 Å². The molecule has 11 aromatic rings. The lowest BCUT2D eigenvalue weighted by atomic mass is 10.0. The van der Waals surface area contributed by atoms with Gasteiger partial charge in [0.25, 0.3) is 0 Å². The molecule has 0 aliphatic heterocycles. The van der Waals surface area contributed by atoms with Crippen LogP contribution in [0.1, 0.15) is 182 Å². The van der Waals surface area contributed by atoms with E-state index in [2.05, 4.69) is 315 Å². The smallest absolute Gasteiger partial charge is 0.0152 e. The van der Waals surface area contributed by atoms with Gasteiger partial charge in [0.1, 0.15) is 0 Å². The molecule has 0 aliphatic carbocycles. The van der Waals surface area contributed by atoms with Crippen LogP contribution in [0, 0.1) is 96.9 Å². The first-order chi connectivity index (χ1) is 41.5. The molecule has 0 aromatic heterocycles. The second kappa shape index (κ2) is 52.8. The van der Waals surface area contributed by atoms with Crippen molar-refractivity contribution in [3.8, 4) is 0 Å². The molecule has 0 aliphatic rings. The van der Waals surface area contributed by atoms with Crippen molar-refractivity contribution in [3.05, 3.63) is 296 Å². The maximum Gasteiger partial charge on any atom is -0.0152 e. The van der Waals surface area contributed by atoms with E-state index >= 15 is 0 Å². The summed E-state index contributed by atoms with van der Waals surface area (Å²) in [5, 5.41) is 10.9. The van der Waals surface area contributed by atoms with E-state index in [1.54, 1.807) is 0 Å². The number of hydrogen-bond donors (Lipinski definition) is 0. The van der Waals surface area contributed by atoms with Crippen molar-refractivity contribution in [1.29, 1.82) is 0 Å². The van der Waals surface area contributed by atoms with Crippen LogP contribution in [0.3, 0.4) is 0 Å². The van der Waals surface area contributed by atoms with E-state index in [4.69, 9.17) is 0 Å². The van der Waals surface area contributed by atoms with E-state index < -0.39 is 0 Å². The van der Waals surface area contributed by atoms with Crippen LogP contribution < -0.4 is 0 Å². The lowest BCUT2D eigenvalue weighted by Crippen LogP contribution is -1.80. The molecule has 0 fully saturated rings. The molecule has 0 spiro atoms. The molecular weight excluding hydrogens is 1040 g/mol. The Morgan fingerprint density at radius 1 is 0.149 bits per heavy atom. The first kappa shape index (κ1) is 85.9. The second-order valence-electron chi connectivity index (χ2n) is 19.5. The summed E-state index contributed by atoms with van der Waals surface area (Å²) < 4.78 is 0. The van der Waals surface area contributed by atoms with E-state index in [1.165, 1.54) is 121 Å². The molecule has 0 amide bonds. The fourth-order valence-corrected chi connectivity index (χ4v) is 8.50. The van der Waals surface area contributed by atoms with Gasteiger partial charge in [0.15, 0.2) is 0 Å². The summed E-state index contributed by atoms with van der Waals surface area (Å²) in [6.45, 7) is 57.8. The summed E-state index contributed by atoms with van der Waals surface area (Å²) in [4.78, 5) is 0. The van der Waals surface area contributed by atoms with Gasteiger partial charge in [-0.25, -0.2) is 0 Å². The summed E-state index contributed by atoms with van der Waals surface area (Å²) in [5.41, 5.74) is 18.9. The van der Waals surface area contributed by atoms with E-state index in [0.717, 1.165) is 0 Å². The predicted molar refractivity (Wildman–Crippen MR) is 408 cm³/mol. The third kappa shape index (κ3) is 33.8. The number of fused-ring (bicyclic) bond motifs is 4. The zero-order valence-electron chi connectivity index (χ0n) is 59.8. The molecule has 0 atom stereocenters. The van der Waals surface area contributed by atoms with Crippen molar-refractivity contribution >= 4 is 43.1 Å². The Labute approximate surface area is 537 Å². The zero-order chi connectivity index (χ0) is 66.2. The molecule has 0 N–H and O–H groups in total. The first-order valence-corrected chi connectivity index (χ1v) is 32.4. The molecule has 0 heteroatoms. The van der Waals surface area contributed by atoms with Gasteiger partial charge in [-0.2, -0.15) is 0 Å². The highest BCUT2D eigenvalue weighted by Gasteiger charge is 2.00. The van der Waals surface area contributed by atoms with Crippen molar-refractivity contribution in [2.45, 2.75) is 201 Å². The molecule has 0 bridgehead atoms. The summed E-state index contributed by atoms with van der Waals surface area (Å²) in [6.07, 6.45) is 0. The summed E-state index contributed by atoms with van der Waals surface area (Å²) >= 11 is 0. The van der Waals surface area contributed by atoms with Crippen molar-refractivity contribution in [2.24, 2.45) is 0 Å². The summed E-state index contributed by atoms with van der Waals surface area (Å²) in [5.74, 6) is 0. The van der Waals surface area contributed by atoms with Crippen LogP contribution in [0.2, 0.25) is 0 Å². The molecular formula is C87H124. The number of rotatable bonds is 0. The van der Waals surface area contributed by atoms with Crippen molar-refractivity contribution in [3.63, 3.8) is 0 Å². The molecule has 11 aromatic carbocycles. The first-order valence-electron chi connectivity index (χ1n) is 32.4. The Kier molecular flexibility index (Phi) is 52.1. The van der Waals surface area contributed by atoms with Crippen LogP contribution in [-0.2, 0) is 0 Å². The van der Waals surface area contributed by atoms with Gasteiger partial charge < -0.3 is 0 Å². The third-order valence-electron chi connectivity index (χ3n) is 12.9. The van der Waals surface area contributed by atoms with Gasteiger partial charge in [0.2, 0.25) is 0 Å². The van der Waals surface area contributed by atoms with Crippen LogP contribution in [0.5, 0.6) is 0 Å². The lowest BCUT2D eigenvalue weighted by Gasteiger charge is -2.03. The normalized spacial score (nSPS) is 8.83. The van der Waals surface area contributed by atoms with Crippen LogP contribution in [0.15, 0.2) is 218 Å². The van der Waals surface area contributed by atoms with E-state index in [0.29, 0.717) is 0 Å². The van der Waals surface area contributed by atoms with Gasteiger partial charge in [-0.15, -0.1) is 0 Å². The van der Waals surface area contributed by atoms with E-state index in [9.17, 15) is 0 Å². The quantitative estimate of drug-likeness (QED) is 0.142. The highest BCUT2D eigenvalue weighted by atomic mass is 14.0. The molecule has 472 valence electrons. The minimum Gasteiger partial charge on any atom is -0.0776 e. The minimum absolute atomic E-state index is 0. The monoisotopic (exact) mass is 1170 g/mol. The average molecular weight is 1170 g/mol. The third-order valence-corrected chi connectivity index (χ3v) is 12.9. The molecule has 0 unspecified atom stereocenters. The highest BCUT2D eigenvalue weighted by Crippen LogP contribution is 2.23. The van der Waals surface area contributed by atoms with Crippen molar-refractivity contribution < 1.29 is 0 Å². The molecule has 0 radical (unpaired) electrons. The van der Waals surface area contributed by atoms with Crippen LogP contribution >= 0.6 is 0 Å². The largest absolute Gasteiger partial charge is 0.0776 e. The molecule has 0 saturated heterocycles. The van der Waals surface area contributed by atoms with Gasteiger partial charge in [-0.1, -0.05) is 362 Å². The van der Waals surface area contributed by atoms with E-state index in [1.807, 2.05) is 96.9 Å². The number of benzene rings is 11. The molecule has 0 nitrogen and oxygen atoms in total. The zero-order valence-corrected chi connectivity index (χ0v) is 59.8. The minimum atomic E-state index is 0. The SMILES string of the molecule is C.CC.CC.CC.CC.CC.CC.CC.Cc1cc(C)c2ccccc2c1.Cc1ccc(C)c2ccccc12.Cc1ccc(C)cc1.Cc1ccc2cc(C)ccc2c1.Cc1cccc(C)c1.Cc1cccc2c(C)cccc12.Cc1ccccc1C. The lowest BCUT2D eigenvalue weighted by molar-refractivity contribution is 1.34. The molecule has 0 heterocycles. The average Bonchev–Trinajstić information content (AvgIpc) is 3.46. The summed E-state index contributed by atoms with van der Waals surface area (Å²) in [6, 6.07) is 77.1. The highest BCUT2D eigenvalue weighted by molar-refractivity contribution is 5.89. The maximum absolute atomic E-state index is 2.22.